The number of likely N-dealkylation sites (tertiary alicyclic amines) is 1. The van der Waals surface area contributed by atoms with Gasteiger partial charge < -0.3 is 15.7 Å². The molecule has 1 fully saturated rings. The van der Waals surface area contributed by atoms with Gasteiger partial charge in [0.25, 0.3) is 0 Å². The first-order valence-corrected chi connectivity index (χ1v) is 4.36. The summed E-state index contributed by atoms with van der Waals surface area (Å²) >= 11 is 0. The molecule has 0 aromatic heterocycles. The average molecular weight is 223 g/mol. The number of hydrogen-bond acceptors (Lipinski definition) is 3. The lowest BCUT2D eigenvalue weighted by Gasteiger charge is -2.16. The molecular formula is C8H15ClN2O3. The maximum absolute atomic E-state index is 11.1. The highest BCUT2D eigenvalue weighted by molar-refractivity contribution is 5.85. The van der Waals surface area contributed by atoms with E-state index in [1.54, 1.807) is 4.90 Å². The van der Waals surface area contributed by atoms with Crippen molar-refractivity contribution in [3.63, 3.8) is 0 Å². The Morgan fingerprint density at radius 3 is 2.71 bits per heavy atom. The molecule has 0 aliphatic carbocycles. The highest BCUT2D eigenvalue weighted by Crippen LogP contribution is 2.10. The second kappa shape index (κ2) is 5.82. The van der Waals surface area contributed by atoms with Gasteiger partial charge in [0, 0.05) is 19.5 Å². The molecule has 0 aromatic carbocycles. The third kappa shape index (κ3) is 3.51. The number of carbonyl (C=O) groups excluding carboxylic acids is 2. The molecule has 3 N–H and O–H groups in total. The number of amides is 2. The van der Waals surface area contributed by atoms with Crippen LogP contribution < -0.4 is 5.73 Å². The Labute approximate surface area is 88.7 Å². The van der Waals surface area contributed by atoms with E-state index in [0.29, 0.717) is 13.0 Å². The van der Waals surface area contributed by atoms with E-state index in [1.165, 1.54) is 0 Å². The number of carbonyl (C=O) groups is 2. The molecule has 2 amide bonds. The first-order valence-electron chi connectivity index (χ1n) is 4.36. The molecule has 5 nitrogen and oxygen atoms in total. The highest BCUT2D eigenvalue weighted by Gasteiger charge is 2.21. The Morgan fingerprint density at radius 1 is 1.64 bits per heavy atom. The van der Waals surface area contributed by atoms with E-state index in [4.69, 9.17) is 10.8 Å². The van der Waals surface area contributed by atoms with Gasteiger partial charge in [0.2, 0.25) is 11.8 Å². The van der Waals surface area contributed by atoms with Crippen molar-refractivity contribution in [1.29, 1.82) is 0 Å². The van der Waals surface area contributed by atoms with Crippen molar-refractivity contribution in [3.05, 3.63) is 0 Å². The number of aliphatic hydroxyl groups excluding tert-OH is 1. The van der Waals surface area contributed by atoms with Crippen LogP contribution in [-0.4, -0.2) is 41.0 Å². The summed E-state index contributed by atoms with van der Waals surface area (Å²) in [7, 11) is 0. The van der Waals surface area contributed by atoms with Crippen LogP contribution in [0.15, 0.2) is 0 Å². The maximum atomic E-state index is 11.1. The standard InChI is InChI=1S/C8H14N2O3.ClH/c9-8(13)6(11)3-5-10-4-1-2-7(10)12;/h6,11H,1-5H2,(H2,9,13);1H. The topological polar surface area (TPSA) is 83.6 Å². The van der Waals surface area contributed by atoms with Gasteiger partial charge in [-0.15, -0.1) is 12.4 Å². The van der Waals surface area contributed by atoms with Gasteiger partial charge in [0.15, 0.2) is 0 Å². The minimum absolute atomic E-state index is 0. The van der Waals surface area contributed by atoms with Crippen molar-refractivity contribution in [2.24, 2.45) is 5.73 Å². The summed E-state index contributed by atoms with van der Waals surface area (Å²) in [5.41, 5.74) is 4.86. The number of nitrogens with zero attached hydrogens (tertiary/aromatic N) is 1. The maximum Gasteiger partial charge on any atom is 0.246 e. The fourth-order valence-electron chi connectivity index (χ4n) is 1.36. The average Bonchev–Trinajstić information content (AvgIpc) is 2.47. The second-order valence-electron chi connectivity index (χ2n) is 3.19. The SMILES string of the molecule is Cl.NC(=O)C(O)CCN1CCCC1=O. The number of halogens is 1. The molecule has 14 heavy (non-hydrogen) atoms. The zero-order valence-corrected chi connectivity index (χ0v) is 8.63. The van der Waals surface area contributed by atoms with Gasteiger partial charge in [-0.2, -0.15) is 0 Å². The van der Waals surface area contributed by atoms with Crippen LogP contribution in [0.1, 0.15) is 19.3 Å². The van der Waals surface area contributed by atoms with Gasteiger partial charge in [0.1, 0.15) is 6.10 Å². The van der Waals surface area contributed by atoms with Gasteiger partial charge in [0.05, 0.1) is 0 Å². The third-order valence-electron chi connectivity index (χ3n) is 2.17. The van der Waals surface area contributed by atoms with Crippen LogP contribution in [0.2, 0.25) is 0 Å². The fourth-order valence-corrected chi connectivity index (χ4v) is 1.36. The van der Waals surface area contributed by atoms with Gasteiger partial charge in [-0.05, 0) is 12.8 Å². The molecule has 0 bridgehead atoms. The summed E-state index contributed by atoms with van der Waals surface area (Å²) in [6.07, 6.45) is 0.549. The highest BCUT2D eigenvalue weighted by atomic mass is 35.5. The molecule has 1 aliphatic rings. The van der Waals surface area contributed by atoms with Crippen LogP contribution >= 0.6 is 12.4 Å². The van der Waals surface area contributed by atoms with Crippen LogP contribution in [-0.2, 0) is 9.59 Å². The number of primary amides is 1. The van der Waals surface area contributed by atoms with Crippen LogP contribution in [0.4, 0.5) is 0 Å². The molecule has 6 heteroatoms. The van der Waals surface area contributed by atoms with Gasteiger partial charge >= 0.3 is 0 Å². The molecule has 0 saturated carbocycles. The normalized spacial score (nSPS) is 17.8. The molecule has 1 heterocycles. The summed E-state index contributed by atoms with van der Waals surface area (Å²) < 4.78 is 0. The Kier molecular flexibility index (Phi) is 5.49. The Hall–Kier alpha value is -0.810. The van der Waals surface area contributed by atoms with Gasteiger partial charge in [-0.3, -0.25) is 9.59 Å². The second-order valence-corrected chi connectivity index (χ2v) is 3.19. The predicted octanol–water partition coefficient (Wildman–Crippen LogP) is -0.733. The molecule has 0 radical (unpaired) electrons. The van der Waals surface area contributed by atoms with E-state index in [2.05, 4.69) is 0 Å². The molecule has 1 aliphatic heterocycles. The largest absolute Gasteiger partial charge is 0.383 e. The molecule has 1 atom stereocenters. The fraction of sp³-hybridized carbons (Fsp3) is 0.750. The van der Waals surface area contributed by atoms with Crippen molar-refractivity contribution >= 4 is 24.2 Å². The zero-order chi connectivity index (χ0) is 9.84. The first kappa shape index (κ1) is 13.2. The van der Waals surface area contributed by atoms with Crippen molar-refractivity contribution in [1.82, 2.24) is 4.90 Å². The molecule has 1 unspecified atom stereocenters. The molecule has 1 saturated heterocycles. The van der Waals surface area contributed by atoms with Crippen LogP contribution in [0, 0.1) is 0 Å². The third-order valence-corrected chi connectivity index (χ3v) is 2.17. The molecule has 82 valence electrons. The van der Waals surface area contributed by atoms with E-state index in [1.807, 2.05) is 0 Å². The van der Waals surface area contributed by atoms with Crippen LogP contribution in [0.5, 0.6) is 0 Å². The monoisotopic (exact) mass is 222 g/mol. The zero-order valence-electron chi connectivity index (χ0n) is 7.81. The van der Waals surface area contributed by atoms with E-state index in [9.17, 15) is 9.59 Å². The Bertz CT molecular complexity index is 223. The van der Waals surface area contributed by atoms with Crippen LogP contribution in [0.25, 0.3) is 0 Å². The van der Waals surface area contributed by atoms with Gasteiger partial charge in [-0.25, -0.2) is 0 Å². The summed E-state index contributed by atoms with van der Waals surface area (Å²) in [6, 6.07) is 0. The van der Waals surface area contributed by atoms with Crippen molar-refractivity contribution in [2.45, 2.75) is 25.4 Å². The quantitative estimate of drug-likeness (QED) is 0.658. The lowest BCUT2D eigenvalue weighted by molar-refractivity contribution is -0.130. The smallest absolute Gasteiger partial charge is 0.246 e. The minimum Gasteiger partial charge on any atom is -0.383 e. The summed E-state index contributed by atoms with van der Waals surface area (Å²) in [5.74, 6) is -0.636. The molecule has 0 aromatic rings. The Balaban J connectivity index is 0.00000169. The summed E-state index contributed by atoms with van der Waals surface area (Å²) in [6.45, 7) is 1.15. The number of rotatable bonds is 4. The van der Waals surface area contributed by atoms with E-state index in [0.717, 1.165) is 13.0 Å². The lowest BCUT2D eigenvalue weighted by atomic mass is 10.2. The molecule has 1 rings (SSSR count). The van der Waals surface area contributed by atoms with E-state index >= 15 is 0 Å². The van der Waals surface area contributed by atoms with E-state index in [-0.39, 0.29) is 24.7 Å². The number of hydrogen-bond donors (Lipinski definition) is 2. The van der Waals surface area contributed by atoms with Crippen LogP contribution in [0.3, 0.4) is 0 Å². The summed E-state index contributed by atoms with van der Waals surface area (Å²) in [5, 5.41) is 9.06. The van der Waals surface area contributed by atoms with Crippen molar-refractivity contribution in [2.75, 3.05) is 13.1 Å². The van der Waals surface area contributed by atoms with Gasteiger partial charge in [-0.1, -0.05) is 0 Å². The summed E-state index contributed by atoms with van der Waals surface area (Å²) in [4.78, 5) is 23.2. The van der Waals surface area contributed by atoms with Crippen molar-refractivity contribution in [3.8, 4) is 0 Å². The Morgan fingerprint density at radius 2 is 2.29 bits per heavy atom. The van der Waals surface area contributed by atoms with Crippen molar-refractivity contribution < 1.29 is 14.7 Å². The predicted molar refractivity (Wildman–Crippen MR) is 52.9 cm³/mol. The molecular weight excluding hydrogens is 208 g/mol. The number of aliphatic hydroxyl groups is 1. The lowest BCUT2D eigenvalue weighted by Crippen LogP contribution is -2.34. The first-order chi connectivity index (χ1) is 6.11. The number of nitrogens with two attached hydrogens (primary N) is 1. The minimum atomic E-state index is -1.13. The molecule has 0 spiro atoms. The van der Waals surface area contributed by atoms with E-state index < -0.39 is 12.0 Å².